The van der Waals surface area contributed by atoms with Crippen LogP contribution in [0.25, 0.3) is 66.8 Å². The fourth-order valence-corrected chi connectivity index (χ4v) is 9.75. The second-order valence-electron chi connectivity index (χ2n) is 20.3. The molecule has 0 atom stereocenters. The van der Waals surface area contributed by atoms with Crippen LogP contribution in [0.4, 0.5) is 13.2 Å². The van der Waals surface area contributed by atoms with E-state index in [4.69, 9.17) is 0 Å². The molecule has 0 spiro atoms. The summed E-state index contributed by atoms with van der Waals surface area (Å²) in [6.07, 6.45) is 20.7. The Morgan fingerprint density at radius 3 is 0.747 bits per heavy atom. The highest BCUT2D eigenvalue weighted by molar-refractivity contribution is 5.74. The molecule has 0 nitrogen and oxygen atoms in total. The summed E-state index contributed by atoms with van der Waals surface area (Å²) in [4.78, 5) is 0. The number of rotatable bonds is 21. The average Bonchev–Trinajstić information content (AvgIpc) is 3.51. The largest absolute Gasteiger partial charge is 0.206 e. The molecule has 0 aliphatic carbocycles. The highest BCUT2D eigenvalue weighted by Gasteiger charge is 2.12. The molecule has 9 aromatic rings. The average molecular weight is 1050 g/mol. The van der Waals surface area contributed by atoms with Crippen LogP contribution >= 0.6 is 0 Å². The van der Waals surface area contributed by atoms with E-state index in [9.17, 15) is 13.2 Å². The van der Waals surface area contributed by atoms with Crippen molar-refractivity contribution in [3.05, 3.63) is 288 Å². The van der Waals surface area contributed by atoms with Gasteiger partial charge >= 0.3 is 0 Å². The summed E-state index contributed by atoms with van der Waals surface area (Å²) in [5.74, 6) is -0.534. The Labute approximate surface area is 470 Å². The summed E-state index contributed by atoms with van der Waals surface area (Å²) in [6, 6.07) is 66.3. The molecule has 402 valence electrons. The highest BCUT2D eigenvalue weighted by Crippen LogP contribution is 2.32. The fraction of sp³-hybridized carbons (Fsp3) is 0.211. The van der Waals surface area contributed by atoms with E-state index in [1.165, 1.54) is 33.4 Å². The smallest absolute Gasteiger partial charge is 0.131 e. The van der Waals surface area contributed by atoms with E-state index < -0.39 is 0 Å². The lowest BCUT2D eigenvalue weighted by Gasteiger charge is -2.09. The molecule has 0 unspecified atom stereocenters. The Kier molecular flexibility index (Phi) is 22.9. The van der Waals surface area contributed by atoms with Gasteiger partial charge in [-0.05, 0) is 166 Å². The van der Waals surface area contributed by atoms with Gasteiger partial charge in [0, 0.05) is 16.7 Å². The van der Waals surface area contributed by atoms with E-state index in [1.54, 1.807) is 18.2 Å². The van der Waals surface area contributed by atoms with E-state index in [0.717, 1.165) is 127 Å². The second-order valence-corrected chi connectivity index (χ2v) is 20.3. The molecule has 0 fully saturated rings. The van der Waals surface area contributed by atoms with Gasteiger partial charge in [-0.15, -0.1) is 13.2 Å². The number of hydrogen-bond acceptors (Lipinski definition) is 0. The Morgan fingerprint density at radius 2 is 0.519 bits per heavy atom. The van der Waals surface area contributed by atoms with Crippen LogP contribution in [0.15, 0.2) is 238 Å². The van der Waals surface area contributed by atoms with Crippen LogP contribution in [-0.4, -0.2) is 0 Å². The van der Waals surface area contributed by atoms with E-state index in [-0.39, 0.29) is 17.5 Å². The summed E-state index contributed by atoms with van der Waals surface area (Å²) in [7, 11) is 0. The van der Waals surface area contributed by atoms with Crippen molar-refractivity contribution in [3.63, 3.8) is 0 Å². The predicted molar refractivity (Wildman–Crippen MR) is 334 cm³/mol. The molecular formula is C76H77F3. The molecule has 0 heterocycles. The van der Waals surface area contributed by atoms with Gasteiger partial charge in [0.15, 0.2) is 0 Å². The molecule has 0 radical (unpaired) electrons. The van der Waals surface area contributed by atoms with Gasteiger partial charge < -0.3 is 0 Å². The topological polar surface area (TPSA) is 0 Å². The van der Waals surface area contributed by atoms with E-state index >= 15 is 0 Å². The number of halogens is 3. The first-order valence-electron chi connectivity index (χ1n) is 28.4. The van der Waals surface area contributed by atoms with Crippen molar-refractivity contribution in [2.24, 2.45) is 0 Å². The van der Waals surface area contributed by atoms with E-state index in [0.29, 0.717) is 16.7 Å². The third-order valence-corrected chi connectivity index (χ3v) is 14.3. The van der Waals surface area contributed by atoms with Gasteiger partial charge in [-0.25, -0.2) is 13.2 Å². The van der Waals surface area contributed by atoms with E-state index in [2.05, 4.69) is 155 Å². The van der Waals surface area contributed by atoms with Gasteiger partial charge in [-0.3, -0.25) is 0 Å². The maximum absolute atomic E-state index is 14.7. The van der Waals surface area contributed by atoms with E-state index in [1.807, 2.05) is 91.9 Å². The molecule has 9 aromatic carbocycles. The molecular weight excluding hydrogens is 970 g/mol. The molecule has 0 aliphatic heterocycles. The van der Waals surface area contributed by atoms with Gasteiger partial charge in [0.1, 0.15) is 17.5 Å². The third-order valence-electron chi connectivity index (χ3n) is 14.3. The van der Waals surface area contributed by atoms with Crippen LogP contribution in [0.1, 0.15) is 99.6 Å². The van der Waals surface area contributed by atoms with Crippen LogP contribution in [0.3, 0.4) is 0 Å². The van der Waals surface area contributed by atoms with Crippen LogP contribution < -0.4 is 0 Å². The van der Waals surface area contributed by atoms with Crippen LogP contribution in [-0.2, 0) is 38.5 Å². The molecule has 0 N–H and O–H groups in total. The molecule has 0 saturated carbocycles. The zero-order valence-electron chi connectivity index (χ0n) is 46.9. The Hall–Kier alpha value is -8.01. The van der Waals surface area contributed by atoms with Crippen molar-refractivity contribution < 1.29 is 13.2 Å². The first kappa shape index (κ1) is 58.7. The van der Waals surface area contributed by atoms with Gasteiger partial charge in [-0.2, -0.15) is 0 Å². The number of allylic oxidation sites excluding steroid dienone is 4. The first-order valence-corrected chi connectivity index (χ1v) is 28.4. The zero-order chi connectivity index (χ0) is 55.8. The summed E-state index contributed by atoms with van der Waals surface area (Å²) in [5.41, 5.74) is 18.3. The maximum atomic E-state index is 14.7. The summed E-state index contributed by atoms with van der Waals surface area (Å²) >= 11 is 0. The molecule has 0 bridgehead atoms. The van der Waals surface area contributed by atoms with Gasteiger partial charge in [0.25, 0.3) is 0 Å². The van der Waals surface area contributed by atoms with Crippen molar-refractivity contribution in [1.29, 1.82) is 0 Å². The summed E-state index contributed by atoms with van der Waals surface area (Å²) < 4.78 is 44.2. The lowest BCUT2D eigenvalue weighted by Crippen LogP contribution is -1.89. The maximum Gasteiger partial charge on any atom is 0.131 e. The van der Waals surface area contributed by atoms with Crippen molar-refractivity contribution in [1.82, 2.24) is 0 Å². The van der Waals surface area contributed by atoms with Gasteiger partial charge in [-0.1, -0.05) is 246 Å². The summed E-state index contributed by atoms with van der Waals surface area (Å²) in [5, 5.41) is 0. The van der Waals surface area contributed by atoms with Crippen molar-refractivity contribution in [2.75, 3.05) is 0 Å². The van der Waals surface area contributed by atoms with Gasteiger partial charge in [0.2, 0.25) is 0 Å². The van der Waals surface area contributed by atoms with Crippen molar-refractivity contribution >= 4 is 0 Å². The lowest BCUT2D eigenvalue weighted by atomic mass is 9.97. The minimum atomic E-state index is -0.182. The normalized spacial score (nSPS) is 10.9. The molecule has 9 rings (SSSR count). The Morgan fingerprint density at radius 1 is 0.291 bits per heavy atom. The Bertz CT molecular complexity index is 3320. The molecule has 0 saturated heterocycles. The van der Waals surface area contributed by atoms with Gasteiger partial charge in [0.05, 0.1) is 0 Å². The standard InChI is InChI=1S/C26H27F.2C25H25F/c1-3-5-6-8-21-9-13-22(14-10-21)24-17-18-25(26(27)19-24)23-15-11-20(7-4-2)12-16-23;1-3-5-7-20-8-12-21(13-9-20)23-16-17-24(25(26)18-23)22-14-10-19(6-4-2)11-15-22;1-3-5-7-20-10-14-22(15-11-20)24-17-16-23(18-25(24)26)21-12-8-19(6-4-2)9-13-21/h3,5,9-19H,4,6-8H2,1-2H3;2*3,8-18H,1,4-7H2,2H3/b5-3+;;. The molecule has 0 aromatic heterocycles. The minimum Gasteiger partial charge on any atom is -0.206 e. The fourth-order valence-electron chi connectivity index (χ4n) is 9.75. The molecule has 79 heavy (non-hydrogen) atoms. The number of aryl methyl sites for hydroxylation is 6. The molecule has 0 amide bonds. The Balaban J connectivity index is 0.000000172. The van der Waals surface area contributed by atoms with Crippen molar-refractivity contribution in [2.45, 2.75) is 105 Å². The summed E-state index contributed by atoms with van der Waals surface area (Å²) in [6.45, 7) is 16.1. The SMILES string of the molecule is C/C=C/CCc1ccc(-c2ccc(-c3ccc(CCC)cc3)c(F)c2)cc1.C=CCCc1ccc(-c2ccc(-c3ccc(CCC)cc3)c(F)c2)cc1.C=CCCc1ccc(-c2ccc(-c3ccc(CCC)cc3)cc2F)cc1. The molecule has 3 heteroatoms. The highest BCUT2D eigenvalue weighted by atomic mass is 19.1. The number of hydrogen-bond donors (Lipinski definition) is 0. The molecule has 0 aliphatic rings. The quantitative estimate of drug-likeness (QED) is 0.0629. The predicted octanol–water partition coefficient (Wildman–Crippen LogP) is 22.1. The second kappa shape index (κ2) is 30.8. The monoisotopic (exact) mass is 1050 g/mol. The van der Waals surface area contributed by atoms with Crippen LogP contribution in [0, 0.1) is 17.5 Å². The van der Waals surface area contributed by atoms with Crippen LogP contribution in [0.5, 0.6) is 0 Å². The van der Waals surface area contributed by atoms with Crippen molar-refractivity contribution in [3.8, 4) is 66.8 Å². The number of benzene rings is 9. The van der Waals surface area contributed by atoms with Crippen LogP contribution in [0.2, 0.25) is 0 Å². The lowest BCUT2D eigenvalue weighted by molar-refractivity contribution is 0.631. The zero-order valence-corrected chi connectivity index (χ0v) is 46.9. The minimum absolute atomic E-state index is 0.173. The third kappa shape index (κ3) is 17.2. The first-order chi connectivity index (χ1) is 38.6.